The second kappa shape index (κ2) is 9.80. The summed E-state index contributed by atoms with van der Waals surface area (Å²) in [5, 5.41) is 6.21. The molecule has 2 aromatic carbocycles. The van der Waals surface area contributed by atoms with E-state index in [0.717, 1.165) is 17.8 Å². The van der Waals surface area contributed by atoms with E-state index in [1.54, 1.807) is 25.3 Å². The van der Waals surface area contributed by atoms with Gasteiger partial charge in [0, 0.05) is 12.2 Å². The molecule has 24 heavy (non-hydrogen) atoms. The minimum absolute atomic E-state index is 0. The molecule has 0 bridgehead atoms. The van der Waals surface area contributed by atoms with Gasteiger partial charge in [0.25, 0.3) is 5.91 Å². The number of halogens is 1. The Kier molecular flexibility index (Phi) is 8.09. The standard InChI is InChI=1S/C18H22N2O3.ClH/c1-4-19-12-13-8-5-6-10-15(13)20-18(21)14-9-7-11-16(22-2)17(14)23-3;/h5-11,19H,4,12H2,1-3H3,(H,20,21);1H. The Hall–Kier alpha value is -2.24. The molecule has 6 heteroatoms. The molecule has 2 rings (SSSR count). The zero-order chi connectivity index (χ0) is 16.7. The van der Waals surface area contributed by atoms with Gasteiger partial charge in [0.15, 0.2) is 11.5 Å². The molecule has 0 aromatic heterocycles. The van der Waals surface area contributed by atoms with Gasteiger partial charge in [-0.15, -0.1) is 12.4 Å². The fourth-order valence-corrected chi connectivity index (χ4v) is 2.31. The summed E-state index contributed by atoms with van der Waals surface area (Å²) in [5.41, 5.74) is 2.25. The summed E-state index contributed by atoms with van der Waals surface area (Å²) >= 11 is 0. The van der Waals surface area contributed by atoms with Crippen molar-refractivity contribution in [2.75, 3.05) is 26.1 Å². The quantitative estimate of drug-likeness (QED) is 0.802. The predicted octanol–water partition coefficient (Wildman–Crippen LogP) is 3.49. The predicted molar refractivity (Wildman–Crippen MR) is 98.6 cm³/mol. The minimum atomic E-state index is -0.232. The molecule has 0 unspecified atom stereocenters. The lowest BCUT2D eigenvalue weighted by atomic mass is 10.1. The van der Waals surface area contributed by atoms with Crippen LogP contribution in [0.3, 0.4) is 0 Å². The Morgan fingerprint density at radius 2 is 1.79 bits per heavy atom. The first-order valence-electron chi connectivity index (χ1n) is 7.52. The minimum Gasteiger partial charge on any atom is -0.493 e. The summed E-state index contributed by atoms with van der Waals surface area (Å²) in [6.45, 7) is 3.61. The van der Waals surface area contributed by atoms with Crippen molar-refractivity contribution in [3.05, 3.63) is 53.6 Å². The first-order chi connectivity index (χ1) is 11.2. The largest absolute Gasteiger partial charge is 0.493 e. The lowest BCUT2D eigenvalue weighted by molar-refractivity contribution is 0.102. The average Bonchev–Trinajstić information content (AvgIpc) is 2.60. The SMILES string of the molecule is CCNCc1ccccc1NC(=O)c1cccc(OC)c1OC.Cl. The highest BCUT2D eigenvalue weighted by molar-refractivity contribution is 6.07. The van der Waals surface area contributed by atoms with Crippen molar-refractivity contribution in [1.29, 1.82) is 0 Å². The van der Waals surface area contributed by atoms with E-state index >= 15 is 0 Å². The smallest absolute Gasteiger partial charge is 0.259 e. The molecule has 0 heterocycles. The van der Waals surface area contributed by atoms with E-state index in [1.165, 1.54) is 7.11 Å². The van der Waals surface area contributed by atoms with Gasteiger partial charge in [0.2, 0.25) is 0 Å². The van der Waals surface area contributed by atoms with Gasteiger partial charge in [0.05, 0.1) is 19.8 Å². The van der Waals surface area contributed by atoms with E-state index in [2.05, 4.69) is 10.6 Å². The number of hydrogen-bond donors (Lipinski definition) is 2. The molecule has 0 saturated carbocycles. The maximum atomic E-state index is 12.6. The Labute approximate surface area is 148 Å². The zero-order valence-corrected chi connectivity index (χ0v) is 14.9. The fourth-order valence-electron chi connectivity index (χ4n) is 2.31. The van der Waals surface area contributed by atoms with Crippen LogP contribution in [0.2, 0.25) is 0 Å². The number of amides is 1. The van der Waals surface area contributed by atoms with Gasteiger partial charge in [-0.1, -0.05) is 31.2 Å². The van der Waals surface area contributed by atoms with Crippen molar-refractivity contribution < 1.29 is 14.3 Å². The van der Waals surface area contributed by atoms with E-state index in [9.17, 15) is 4.79 Å². The fraction of sp³-hybridized carbons (Fsp3) is 0.278. The van der Waals surface area contributed by atoms with E-state index in [0.29, 0.717) is 23.6 Å². The normalized spacial score (nSPS) is 9.79. The third-order valence-electron chi connectivity index (χ3n) is 3.48. The molecule has 0 radical (unpaired) electrons. The van der Waals surface area contributed by atoms with Crippen molar-refractivity contribution in [3.8, 4) is 11.5 Å². The molecule has 0 spiro atoms. The van der Waals surface area contributed by atoms with Crippen LogP contribution in [0.4, 0.5) is 5.69 Å². The van der Waals surface area contributed by atoms with Crippen LogP contribution in [0.5, 0.6) is 11.5 Å². The zero-order valence-electron chi connectivity index (χ0n) is 14.1. The maximum Gasteiger partial charge on any atom is 0.259 e. The van der Waals surface area contributed by atoms with Gasteiger partial charge in [0.1, 0.15) is 0 Å². The monoisotopic (exact) mass is 350 g/mol. The van der Waals surface area contributed by atoms with Crippen LogP contribution in [-0.4, -0.2) is 26.7 Å². The molecule has 0 aliphatic heterocycles. The van der Waals surface area contributed by atoms with Gasteiger partial charge in [-0.05, 0) is 30.3 Å². The number of ether oxygens (including phenoxy) is 2. The highest BCUT2D eigenvalue weighted by atomic mass is 35.5. The first-order valence-corrected chi connectivity index (χ1v) is 7.52. The summed E-state index contributed by atoms with van der Waals surface area (Å²) in [5.74, 6) is 0.724. The number of carbonyl (C=O) groups is 1. The number of anilines is 1. The molecule has 0 aliphatic carbocycles. The van der Waals surface area contributed by atoms with E-state index in [4.69, 9.17) is 9.47 Å². The number of nitrogens with one attached hydrogen (secondary N) is 2. The van der Waals surface area contributed by atoms with E-state index in [-0.39, 0.29) is 18.3 Å². The molecule has 0 aliphatic rings. The molecule has 130 valence electrons. The number of carbonyl (C=O) groups excluding carboxylic acids is 1. The van der Waals surface area contributed by atoms with E-state index in [1.807, 2.05) is 31.2 Å². The van der Waals surface area contributed by atoms with Crippen LogP contribution in [0, 0.1) is 0 Å². The average molecular weight is 351 g/mol. The van der Waals surface area contributed by atoms with Crippen LogP contribution in [0.25, 0.3) is 0 Å². The Balaban J connectivity index is 0.00000288. The molecule has 0 fully saturated rings. The van der Waals surface area contributed by atoms with Gasteiger partial charge < -0.3 is 20.1 Å². The molecule has 5 nitrogen and oxygen atoms in total. The van der Waals surface area contributed by atoms with Gasteiger partial charge in [-0.2, -0.15) is 0 Å². The van der Waals surface area contributed by atoms with E-state index < -0.39 is 0 Å². The van der Waals surface area contributed by atoms with Crippen molar-refractivity contribution >= 4 is 24.0 Å². The molecule has 2 aromatic rings. The summed E-state index contributed by atoms with van der Waals surface area (Å²) in [6, 6.07) is 13.0. The number of benzene rings is 2. The molecule has 0 saturated heterocycles. The molecule has 2 N–H and O–H groups in total. The molecular weight excluding hydrogens is 328 g/mol. The summed E-state index contributed by atoms with van der Waals surface area (Å²) in [4.78, 5) is 12.6. The summed E-state index contributed by atoms with van der Waals surface area (Å²) in [6.07, 6.45) is 0. The number of hydrogen-bond acceptors (Lipinski definition) is 4. The van der Waals surface area contributed by atoms with Crippen LogP contribution in [-0.2, 0) is 6.54 Å². The Morgan fingerprint density at radius 1 is 1.04 bits per heavy atom. The first kappa shape index (κ1) is 19.8. The van der Waals surface area contributed by atoms with Crippen molar-refractivity contribution in [2.24, 2.45) is 0 Å². The van der Waals surface area contributed by atoms with Gasteiger partial charge in [-0.3, -0.25) is 4.79 Å². The Morgan fingerprint density at radius 3 is 2.46 bits per heavy atom. The lowest BCUT2D eigenvalue weighted by Crippen LogP contribution is -2.17. The van der Waals surface area contributed by atoms with Crippen LogP contribution < -0.4 is 20.1 Å². The third kappa shape index (κ3) is 4.63. The van der Waals surface area contributed by atoms with Gasteiger partial charge in [-0.25, -0.2) is 0 Å². The Bertz CT molecular complexity index is 677. The maximum absolute atomic E-state index is 12.6. The van der Waals surface area contributed by atoms with Crippen LogP contribution in [0.1, 0.15) is 22.8 Å². The van der Waals surface area contributed by atoms with Crippen LogP contribution >= 0.6 is 12.4 Å². The summed E-state index contributed by atoms with van der Waals surface area (Å²) < 4.78 is 10.6. The third-order valence-corrected chi connectivity index (χ3v) is 3.48. The highest BCUT2D eigenvalue weighted by Crippen LogP contribution is 2.31. The van der Waals surface area contributed by atoms with Gasteiger partial charge >= 0.3 is 0 Å². The summed E-state index contributed by atoms with van der Waals surface area (Å²) in [7, 11) is 3.07. The molecule has 1 amide bonds. The second-order valence-electron chi connectivity index (χ2n) is 4.93. The lowest BCUT2D eigenvalue weighted by Gasteiger charge is -2.14. The molecule has 0 atom stereocenters. The second-order valence-corrected chi connectivity index (χ2v) is 4.93. The number of rotatable bonds is 7. The van der Waals surface area contributed by atoms with Crippen LogP contribution in [0.15, 0.2) is 42.5 Å². The van der Waals surface area contributed by atoms with Crippen molar-refractivity contribution in [1.82, 2.24) is 5.32 Å². The highest BCUT2D eigenvalue weighted by Gasteiger charge is 2.17. The number of para-hydroxylation sites is 2. The number of methoxy groups -OCH3 is 2. The molecular formula is C18H23ClN2O3. The topological polar surface area (TPSA) is 59.6 Å². The van der Waals surface area contributed by atoms with Crippen molar-refractivity contribution in [2.45, 2.75) is 13.5 Å². The van der Waals surface area contributed by atoms with Crippen molar-refractivity contribution in [3.63, 3.8) is 0 Å².